The lowest BCUT2D eigenvalue weighted by molar-refractivity contribution is 0.00639. The molecule has 2 rings (SSSR count). The Bertz CT molecular complexity index is 365. The first-order chi connectivity index (χ1) is 7.66. The zero-order chi connectivity index (χ0) is 11.5. The highest BCUT2D eigenvalue weighted by atomic mass is 19.1. The summed E-state index contributed by atoms with van der Waals surface area (Å²) in [5, 5.41) is 9.77. The van der Waals surface area contributed by atoms with Crippen molar-refractivity contribution in [2.45, 2.75) is 44.8 Å². The summed E-state index contributed by atoms with van der Waals surface area (Å²) in [5.74, 6) is 0.247. The summed E-state index contributed by atoms with van der Waals surface area (Å²) >= 11 is 0. The number of ether oxygens (including phenoxy) is 1. The van der Waals surface area contributed by atoms with Crippen molar-refractivity contribution in [2.24, 2.45) is 0 Å². The van der Waals surface area contributed by atoms with Crippen molar-refractivity contribution in [1.82, 2.24) is 0 Å². The number of rotatable bonds is 2. The fraction of sp³-hybridized carbons (Fsp3) is 0.538. The van der Waals surface area contributed by atoms with Gasteiger partial charge in [-0.05, 0) is 37.8 Å². The van der Waals surface area contributed by atoms with Crippen LogP contribution in [0.2, 0.25) is 0 Å². The first-order valence-electron chi connectivity index (χ1n) is 5.77. The van der Waals surface area contributed by atoms with Crippen LogP contribution in [0.1, 0.15) is 31.2 Å². The standard InChI is InChI=1S/C13H17FO2/c1-9-6-7-10(14)8-13(9)16-12-5-3-2-4-11(12)15/h6-8,11-12,15H,2-5H2,1H3/t11-,12+/m1/s1. The molecule has 1 N–H and O–H groups in total. The molecule has 0 aromatic heterocycles. The van der Waals surface area contributed by atoms with E-state index in [2.05, 4.69) is 0 Å². The van der Waals surface area contributed by atoms with Crippen LogP contribution in [0.4, 0.5) is 4.39 Å². The topological polar surface area (TPSA) is 29.5 Å². The van der Waals surface area contributed by atoms with E-state index in [0.29, 0.717) is 5.75 Å². The fourth-order valence-corrected chi connectivity index (χ4v) is 2.08. The van der Waals surface area contributed by atoms with E-state index in [9.17, 15) is 9.50 Å². The maximum atomic E-state index is 13.1. The second-order valence-electron chi connectivity index (χ2n) is 4.42. The van der Waals surface area contributed by atoms with Crippen molar-refractivity contribution in [3.8, 4) is 5.75 Å². The molecule has 1 fully saturated rings. The Morgan fingerprint density at radius 1 is 1.31 bits per heavy atom. The molecule has 1 aromatic rings. The van der Waals surface area contributed by atoms with E-state index in [1.54, 1.807) is 6.07 Å². The summed E-state index contributed by atoms with van der Waals surface area (Å²) in [4.78, 5) is 0. The minimum atomic E-state index is -0.420. The molecule has 0 bridgehead atoms. The average Bonchev–Trinajstić information content (AvgIpc) is 2.27. The lowest BCUT2D eigenvalue weighted by atomic mass is 9.95. The highest BCUT2D eigenvalue weighted by molar-refractivity contribution is 5.32. The van der Waals surface area contributed by atoms with Crippen LogP contribution in [-0.2, 0) is 0 Å². The molecular formula is C13H17FO2. The van der Waals surface area contributed by atoms with Gasteiger partial charge in [0.15, 0.2) is 0 Å². The fourth-order valence-electron chi connectivity index (χ4n) is 2.08. The van der Waals surface area contributed by atoms with Crippen LogP contribution in [0.15, 0.2) is 18.2 Å². The van der Waals surface area contributed by atoms with Crippen molar-refractivity contribution in [3.05, 3.63) is 29.6 Å². The van der Waals surface area contributed by atoms with Gasteiger partial charge >= 0.3 is 0 Å². The number of benzene rings is 1. The molecule has 0 aliphatic heterocycles. The number of aliphatic hydroxyl groups excluding tert-OH is 1. The van der Waals surface area contributed by atoms with E-state index >= 15 is 0 Å². The number of aryl methyl sites for hydroxylation is 1. The van der Waals surface area contributed by atoms with Crippen LogP contribution in [0.25, 0.3) is 0 Å². The molecule has 0 amide bonds. The molecule has 2 atom stereocenters. The molecule has 0 spiro atoms. The molecule has 16 heavy (non-hydrogen) atoms. The summed E-state index contributed by atoms with van der Waals surface area (Å²) in [5.41, 5.74) is 0.902. The SMILES string of the molecule is Cc1ccc(F)cc1O[C@H]1CCCC[C@H]1O. The summed E-state index contributed by atoms with van der Waals surface area (Å²) < 4.78 is 18.7. The van der Waals surface area contributed by atoms with Crippen LogP contribution in [0, 0.1) is 12.7 Å². The van der Waals surface area contributed by atoms with Crippen LogP contribution in [-0.4, -0.2) is 17.3 Å². The Balaban J connectivity index is 2.10. The Morgan fingerprint density at radius 2 is 2.06 bits per heavy atom. The quantitative estimate of drug-likeness (QED) is 0.837. The molecule has 1 aliphatic carbocycles. The summed E-state index contributed by atoms with van der Waals surface area (Å²) in [6.07, 6.45) is 3.13. The lowest BCUT2D eigenvalue weighted by Crippen LogP contribution is -2.34. The first-order valence-corrected chi connectivity index (χ1v) is 5.77. The van der Waals surface area contributed by atoms with Gasteiger partial charge in [0.25, 0.3) is 0 Å². The minimum absolute atomic E-state index is 0.186. The number of halogens is 1. The molecule has 2 nitrogen and oxygen atoms in total. The third-order valence-corrected chi connectivity index (χ3v) is 3.10. The molecule has 1 aromatic carbocycles. The molecule has 1 aliphatic rings. The first kappa shape index (κ1) is 11.4. The molecule has 0 unspecified atom stereocenters. The summed E-state index contributed by atoms with van der Waals surface area (Å²) in [6.45, 7) is 1.88. The van der Waals surface area contributed by atoms with Gasteiger partial charge in [0, 0.05) is 6.07 Å². The van der Waals surface area contributed by atoms with E-state index in [-0.39, 0.29) is 11.9 Å². The Labute approximate surface area is 95.1 Å². The van der Waals surface area contributed by atoms with Gasteiger partial charge in [0.1, 0.15) is 17.7 Å². The predicted molar refractivity (Wildman–Crippen MR) is 60.0 cm³/mol. The zero-order valence-corrected chi connectivity index (χ0v) is 9.45. The third kappa shape index (κ3) is 2.53. The predicted octanol–water partition coefficient (Wildman–Crippen LogP) is 2.82. The summed E-state index contributed by atoms with van der Waals surface area (Å²) in [7, 11) is 0. The van der Waals surface area contributed by atoms with Gasteiger partial charge < -0.3 is 9.84 Å². The van der Waals surface area contributed by atoms with E-state index in [0.717, 1.165) is 31.2 Å². The average molecular weight is 224 g/mol. The molecule has 1 saturated carbocycles. The largest absolute Gasteiger partial charge is 0.487 e. The Kier molecular flexibility index (Phi) is 3.44. The normalized spacial score (nSPS) is 25.4. The van der Waals surface area contributed by atoms with E-state index < -0.39 is 6.10 Å². The van der Waals surface area contributed by atoms with E-state index in [1.165, 1.54) is 12.1 Å². The van der Waals surface area contributed by atoms with Gasteiger partial charge in [-0.15, -0.1) is 0 Å². The van der Waals surface area contributed by atoms with Gasteiger partial charge in [0.2, 0.25) is 0 Å². The Hall–Kier alpha value is -1.09. The van der Waals surface area contributed by atoms with Crippen LogP contribution in [0.5, 0.6) is 5.75 Å². The number of hydrogen-bond donors (Lipinski definition) is 1. The third-order valence-electron chi connectivity index (χ3n) is 3.10. The van der Waals surface area contributed by atoms with Crippen molar-refractivity contribution in [3.63, 3.8) is 0 Å². The van der Waals surface area contributed by atoms with E-state index in [1.807, 2.05) is 6.92 Å². The van der Waals surface area contributed by atoms with Crippen LogP contribution >= 0.6 is 0 Å². The second-order valence-corrected chi connectivity index (χ2v) is 4.42. The van der Waals surface area contributed by atoms with Crippen molar-refractivity contribution < 1.29 is 14.2 Å². The van der Waals surface area contributed by atoms with E-state index in [4.69, 9.17) is 4.74 Å². The van der Waals surface area contributed by atoms with Crippen molar-refractivity contribution in [2.75, 3.05) is 0 Å². The Morgan fingerprint density at radius 3 is 2.81 bits per heavy atom. The molecular weight excluding hydrogens is 207 g/mol. The van der Waals surface area contributed by atoms with Crippen molar-refractivity contribution >= 4 is 0 Å². The maximum Gasteiger partial charge on any atom is 0.126 e. The molecule has 3 heteroatoms. The maximum absolute atomic E-state index is 13.1. The highest BCUT2D eigenvalue weighted by Gasteiger charge is 2.25. The number of hydrogen-bond acceptors (Lipinski definition) is 2. The van der Waals surface area contributed by atoms with Gasteiger partial charge in [-0.2, -0.15) is 0 Å². The minimum Gasteiger partial charge on any atom is -0.487 e. The van der Waals surface area contributed by atoms with Crippen LogP contribution in [0.3, 0.4) is 0 Å². The molecule has 0 heterocycles. The molecule has 0 saturated heterocycles. The molecule has 88 valence electrons. The smallest absolute Gasteiger partial charge is 0.126 e. The van der Waals surface area contributed by atoms with Crippen LogP contribution < -0.4 is 4.74 Å². The van der Waals surface area contributed by atoms with Gasteiger partial charge in [0.05, 0.1) is 6.10 Å². The monoisotopic (exact) mass is 224 g/mol. The lowest BCUT2D eigenvalue weighted by Gasteiger charge is -2.28. The van der Waals surface area contributed by atoms with Gasteiger partial charge in [-0.25, -0.2) is 4.39 Å². The zero-order valence-electron chi connectivity index (χ0n) is 9.45. The van der Waals surface area contributed by atoms with Gasteiger partial charge in [-0.1, -0.05) is 12.5 Å². The van der Waals surface area contributed by atoms with Gasteiger partial charge in [-0.3, -0.25) is 0 Å². The van der Waals surface area contributed by atoms with Crippen molar-refractivity contribution in [1.29, 1.82) is 0 Å². The molecule has 0 radical (unpaired) electrons. The number of aliphatic hydroxyl groups is 1. The summed E-state index contributed by atoms with van der Waals surface area (Å²) in [6, 6.07) is 4.50. The highest BCUT2D eigenvalue weighted by Crippen LogP contribution is 2.26. The second kappa shape index (κ2) is 4.83.